The lowest BCUT2D eigenvalue weighted by Gasteiger charge is -2.49. The summed E-state index contributed by atoms with van der Waals surface area (Å²) >= 11 is 0. The first-order valence-electron chi connectivity index (χ1n) is 4.30. The maximum atomic E-state index is 11.1. The van der Waals surface area contributed by atoms with Gasteiger partial charge in [-0.25, -0.2) is 0 Å². The summed E-state index contributed by atoms with van der Waals surface area (Å²) in [7, 11) is 0. The first-order valence-corrected chi connectivity index (χ1v) is 4.30. The Labute approximate surface area is 66.3 Å². The Hall–Kier alpha value is -0.570. The number of piperidine rings is 1. The summed E-state index contributed by atoms with van der Waals surface area (Å²) in [6.45, 7) is 0. The highest BCUT2D eigenvalue weighted by atomic mass is 16.1. The van der Waals surface area contributed by atoms with Gasteiger partial charge in [0.1, 0.15) is 0 Å². The van der Waals surface area contributed by atoms with E-state index in [0.29, 0.717) is 6.42 Å². The van der Waals surface area contributed by atoms with E-state index in [0.717, 1.165) is 19.3 Å². The van der Waals surface area contributed by atoms with Gasteiger partial charge < -0.3 is 11.1 Å². The van der Waals surface area contributed by atoms with Crippen molar-refractivity contribution >= 4 is 5.91 Å². The molecular weight excluding hydrogens is 140 g/mol. The molecule has 1 aliphatic carbocycles. The fourth-order valence-corrected chi connectivity index (χ4v) is 2.05. The zero-order valence-electron chi connectivity index (χ0n) is 6.60. The molecule has 3 N–H and O–H groups in total. The molecule has 0 aromatic rings. The van der Waals surface area contributed by atoms with Crippen molar-refractivity contribution in [1.29, 1.82) is 0 Å². The minimum Gasteiger partial charge on any atom is -0.349 e. The van der Waals surface area contributed by atoms with Crippen LogP contribution in [0.5, 0.6) is 0 Å². The molecule has 1 spiro atoms. The van der Waals surface area contributed by atoms with Crippen LogP contribution in [0.2, 0.25) is 0 Å². The molecule has 1 aliphatic heterocycles. The molecule has 0 bridgehead atoms. The largest absolute Gasteiger partial charge is 0.349 e. The van der Waals surface area contributed by atoms with Crippen molar-refractivity contribution in [3.8, 4) is 0 Å². The fourth-order valence-electron chi connectivity index (χ4n) is 2.05. The SMILES string of the molecule is N[C@H]1CCC(=O)NC12CCC2. The van der Waals surface area contributed by atoms with E-state index < -0.39 is 0 Å². The highest BCUT2D eigenvalue weighted by Crippen LogP contribution is 2.37. The third-order valence-electron chi connectivity index (χ3n) is 3.03. The molecule has 0 radical (unpaired) electrons. The third kappa shape index (κ3) is 0.948. The normalized spacial score (nSPS) is 34.6. The molecule has 1 atom stereocenters. The zero-order chi connectivity index (χ0) is 7.90. The van der Waals surface area contributed by atoms with Crippen molar-refractivity contribution in [2.45, 2.75) is 43.7 Å². The molecule has 62 valence electrons. The van der Waals surface area contributed by atoms with Crippen molar-refractivity contribution < 1.29 is 4.79 Å². The van der Waals surface area contributed by atoms with Gasteiger partial charge in [-0.3, -0.25) is 4.79 Å². The molecular formula is C8H14N2O. The Morgan fingerprint density at radius 1 is 1.55 bits per heavy atom. The molecule has 11 heavy (non-hydrogen) atoms. The lowest BCUT2D eigenvalue weighted by Crippen LogP contribution is -2.66. The first kappa shape index (κ1) is 7.10. The van der Waals surface area contributed by atoms with Crippen LogP contribution in [-0.2, 0) is 4.79 Å². The van der Waals surface area contributed by atoms with E-state index in [1.807, 2.05) is 0 Å². The van der Waals surface area contributed by atoms with Gasteiger partial charge in [-0.1, -0.05) is 0 Å². The molecule has 0 unspecified atom stereocenters. The topological polar surface area (TPSA) is 55.1 Å². The average molecular weight is 154 g/mol. The molecule has 1 saturated carbocycles. The average Bonchev–Trinajstić information content (AvgIpc) is 1.91. The number of carbonyl (C=O) groups is 1. The van der Waals surface area contributed by atoms with E-state index in [1.165, 1.54) is 6.42 Å². The smallest absolute Gasteiger partial charge is 0.220 e. The van der Waals surface area contributed by atoms with Crippen LogP contribution in [0.1, 0.15) is 32.1 Å². The van der Waals surface area contributed by atoms with Crippen molar-refractivity contribution in [3.63, 3.8) is 0 Å². The molecule has 2 aliphatic rings. The Balaban J connectivity index is 2.10. The number of nitrogens with two attached hydrogens (primary N) is 1. The van der Waals surface area contributed by atoms with Crippen molar-refractivity contribution in [3.05, 3.63) is 0 Å². The van der Waals surface area contributed by atoms with Crippen LogP contribution >= 0.6 is 0 Å². The number of hydrogen-bond acceptors (Lipinski definition) is 2. The van der Waals surface area contributed by atoms with Gasteiger partial charge >= 0.3 is 0 Å². The number of hydrogen-bond donors (Lipinski definition) is 2. The van der Waals surface area contributed by atoms with Crippen LogP contribution in [0.3, 0.4) is 0 Å². The Bertz CT molecular complexity index is 187. The Morgan fingerprint density at radius 3 is 2.73 bits per heavy atom. The van der Waals surface area contributed by atoms with E-state index >= 15 is 0 Å². The first-order chi connectivity index (χ1) is 5.23. The maximum absolute atomic E-state index is 11.1. The van der Waals surface area contributed by atoms with E-state index in [2.05, 4.69) is 5.32 Å². The monoisotopic (exact) mass is 154 g/mol. The van der Waals surface area contributed by atoms with Crippen LogP contribution in [-0.4, -0.2) is 17.5 Å². The number of carbonyl (C=O) groups excluding carboxylic acids is 1. The summed E-state index contributed by atoms with van der Waals surface area (Å²) in [5.74, 6) is 0.186. The predicted molar refractivity (Wildman–Crippen MR) is 41.9 cm³/mol. The lowest BCUT2D eigenvalue weighted by atomic mass is 9.68. The van der Waals surface area contributed by atoms with E-state index in [4.69, 9.17) is 5.73 Å². The zero-order valence-corrected chi connectivity index (χ0v) is 6.60. The van der Waals surface area contributed by atoms with E-state index in [1.54, 1.807) is 0 Å². The molecule has 3 heteroatoms. The van der Waals surface area contributed by atoms with Gasteiger partial charge in [0.05, 0.1) is 5.54 Å². The van der Waals surface area contributed by atoms with E-state index in [9.17, 15) is 4.79 Å². The van der Waals surface area contributed by atoms with Crippen molar-refractivity contribution in [2.24, 2.45) is 5.73 Å². The molecule has 0 aromatic carbocycles. The third-order valence-corrected chi connectivity index (χ3v) is 3.03. The highest BCUT2D eigenvalue weighted by Gasteiger charge is 2.45. The number of rotatable bonds is 0. The van der Waals surface area contributed by atoms with Crippen LogP contribution in [0.4, 0.5) is 0 Å². The van der Waals surface area contributed by atoms with Crippen LogP contribution in [0.25, 0.3) is 0 Å². The van der Waals surface area contributed by atoms with Crippen molar-refractivity contribution in [2.75, 3.05) is 0 Å². The quantitative estimate of drug-likeness (QED) is 0.521. The Kier molecular flexibility index (Phi) is 1.42. The van der Waals surface area contributed by atoms with Crippen LogP contribution < -0.4 is 11.1 Å². The number of nitrogens with one attached hydrogen (secondary N) is 1. The maximum Gasteiger partial charge on any atom is 0.220 e. The molecule has 0 aromatic heterocycles. The molecule has 1 saturated heterocycles. The molecule has 2 fully saturated rings. The summed E-state index contributed by atoms with van der Waals surface area (Å²) in [5.41, 5.74) is 5.93. The summed E-state index contributed by atoms with van der Waals surface area (Å²) in [5, 5.41) is 3.02. The number of amides is 1. The molecule has 2 rings (SSSR count). The van der Waals surface area contributed by atoms with Gasteiger partial charge in [-0.15, -0.1) is 0 Å². The second kappa shape index (κ2) is 2.21. The molecule has 3 nitrogen and oxygen atoms in total. The van der Waals surface area contributed by atoms with Gasteiger partial charge in [0.2, 0.25) is 5.91 Å². The van der Waals surface area contributed by atoms with Crippen LogP contribution in [0.15, 0.2) is 0 Å². The molecule has 1 heterocycles. The van der Waals surface area contributed by atoms with Gasteiger partial charge in [0.15, 0.2) is 0 Å². The van der Waals surface area contributed by atoms with Gasteiger partial charge in [0.25, 0.3) is 0 Å². The predicted octanol–water partition coefficient (Wildman–Crippen LogP) is 0.146. The van der Waals surface area contributed by atoms with Crippen LogP contribution in [0, 0.1) is 0 Å². The minimum absolute atomic E-state index is 0.00926. The highest BCUT2D eigenvalue weighted by molar-refractivity contribution is 5.78. The van der Waals surface area contributed by atoms with Gasteiger partial charge in [-0.05, 0) is 25.7 Å². The summed E-state index contributed by atoms with van der Waals surface area (Å²) in [6, 6.07) is 0.203. The fraction of sp³-hybridized carbons (Fsp3) is 0.875. The summed E-state index contributed by atoms with van der Waals surface area (Å²) in [6.07, 6.45) is 4.86. The van der Waals surface area contributed by atoms with Crippen molar-refractivity contribution in [1.82, 2.24) is 5.32 Å². The second-order valence-corrected chi connectivity index (χ2v) is 3.70. The Morgan fingerprint density at radius 2 is 2.27 bits per heavy atom. The van der Waals surface area contributed by atoms with Gasteiger partial charge in [-0.2, -0.15) is 0 Å². The standard InChI is InChI=1S/C8H14N2O/c9-6-2-3-7(11)10-8(6)4-1-5-8/h6H,1-5,9H2,(H,10,11)/t6-/m0/s1. The summed E-state index contributed by atoms with van der Waals surface area (Å²) in [4.78, 5) is 11.1. The summed E-state index contributed by atoms with van der Waals surface area (Å²) < 4.78 is 0. The lowest BCUT2D eigenvalue weighted by molar-refractivity contribution is -0.127. The van der Waals surface area contributed by atoms with Gasteiger partial charge in [0, 0.05) is 12.5 Å². The molecule has 1 amide bonds. The minimum atomic E-state index is 0.00926. The van der Waals surface area contributed by atoms with E-state index in [-0.39, 0.29) is 17.5 Å². The second-order valence-electron chi connectivity index (χ2n) is 3.70.